The molecule has 2 aromatic rings. The number of benzene rings is 1. The smallest absolute Gasteiger partial charge is 0.219 e. The van der Waals surface area contributed by atoms with Crippen LogP contribution in [0.25, 0.3) is 0 Å². The lowest BCUT2D eigenvalue weighted by Crippen LogP contribution is -2.38. The Morgan fingerprint density at radius 2 is 1.89 bits per heavy atom. The van der Waals surface area contributed by atoms with Crippen LogP contribution in [0.4, 0.5) is 0 Å². The summed E-state index contributed by atoms with van der Waals surface area (Å²) >= 11 is 0. The molecule has 0 bridgehead atoms. The molecule has 1 aliphatic rings. The highest BCUT2D eigenvalue weighted by Gasteiger charge is 2.35. The number of hydrogen-bond donors (Lipinski definition) is 0. The maximum atomic E-state index is 12.2. The van der Waals surface area contributed by atoms with Crippen molar-refractivity contribution in [1.29, 1.82) is 0 Å². The van der Waals surface area contributed by atoms with E-state index in [2.05, 4.69) is 83.9 Å². The maximum absolute atomic E-state index is 12.2. The third-order valence-corrected chi connectivity index (χ3v) is 5.67. The molecule has 1 aromatic heterocycles. The van der Waals surface area contributed by atoms with Crippen molar-refractivity contribution in [2.24, 2.45) is 18.9 Å². The maximum Gasteiger partial charge on any atom is 0.219 e. The Labute approximate surface area is 163 Å². The van der Waals surface area contributed by atoms with Gasteiger partial charge in [0.05, 0.1) is 0 Å². The molecular formula is C23H33N3O. The second kappa shape index (κ2) is 8.75. The first kappa shape index (κ1) is 19.7. The molecule has 4 heteroatoms. The van der Waals surface area contributed by atoms with E-state index in [9.17, 15) is 4.79 Å². The van der Waals surface area contributed by atoms with Gasteiger partial charge in [-0.25, -0.2) is 0 Å². The Morgan fingerprint density at radius 1 is 1.15 bits per heavy atom. The van der Waals surface area contributed by atoms with E-state index in [1.807, 2.05) is 0 Å². The average Bonchev–Trinajstić information content (AvgIpc) is 3.21. The minimum absolute atomic E-state index is 0.191. The molecule has 1 aliphatic heterocycles. The molecule has 2 atom stereocenters. The van der Waals surface area contributed by atoms with Crippen LogP contribution >= 0.6 is 0 Å². The van der Waals surface area contributed by atoms with Crippen LogP contribution in [0.5, 0.6) is 0 Å². The SMILES string of the molecule is CC(=O)N(CC(C)C)C[C@H]1CN(Cc2cccn2C)C[C@@H]1c1ccccc1. The zero-order valence-corrected chi connectivity index (χ0v) is 17.1. The fourth-order valence-electron chi connectivity index (χ4n) is 4.30. The van der Waals surface area contributed by atoms with Crippen molar-refractivity contribution in [3.05, 3.63) is 59.9 Å². The van der Waals surface area contributed by atoms with Crippen molar-refractivity contribution in [3.8, 4) is 0 Å². The lowest BCUT2D eigenvalue weighted by atomic mass is 9.88. The van der Waals surface area contributed by atoms with Gasteiger partial charge in [-0.1, -0.05) is 44.2 Å². The number of carbonyl (C=O) groups is 1. The lowest BCUT2D eigenvalue weighted by molar-refractivity contribution is -0.130. The van der Waals surface area contributed by atoms with Crippen LogP contribution in [0, 0.1) is 11.8 Å². The molecule has 27 heavy (non-hydrogen) atoms. The summed E-state index contributed by atoms with van der Waals surface area (Å²) in [5.41, 5.74) is 2.73. The Morgan fingerprint density at radius 3 is 2.48 bits per heavy atom. The summed E-state index contributed by atoms with van der Waals surface area (Å²) in [7, 11) is 2.11. The van der Waals surface area contributed by atoms with Crippen molar-refractivity contribution in [2.45, 2.75) is 33.2 Å². The molecule has 4 nitrogen and oxygen atoms in total. The van der Waals surface area contributed by atoms with Crippen molar-refractivity contribution in [2.75, 3.05) is 26.2 Å². The highest BCUT2D eigenvalue weighted by molar-refractivity contribution is 5.73. The molecule has 0 spiro atoms. The molecule has 1 fully saturated rings. The number of amides is 1. The zero-order valence-electron chi connectivity index (χ0n) is 17.1. The van der Waals surface area contributed by atoms with E-state index < -0.39 is 0 Å². The van der Waals surface area contributed by atoms with Gasteiger partial charge in [-0.05, 0) is 29.5 Å². The summed E-state index contributed by atoms with van der Waals surface area (Å²) in [6.07, 6.45) is 2.11. The van der Waals surface area contributed by atoms with Crippen molar-refractivity contribution in [3.63, 3.8) is 0 Å². The standard InChI is InChI=1S/C23H33N3O/c1-18(2)13-26(19(3)27)15-21-14-25(16-22-11-8-12-24(22)4)17-23(21)20-9-6-5-7-10-20/h5-12,18,21,23H,13-17H2,1-4H3/t21-,23-/m1/s1. The summed E-state index contributed by atoms with van der Waals surface area (Å²) in [5.74, 6) is 1.62. The summed E-state index contributed by atoms with van der Waals surface area (Å²) in [5, 5.41) is 0. The van der Waals surface area contributed by atoms with E-state index in [4.69, 9.17) is 0 Å². The minimum atomic E-state index is 0.191. The zero-order chi connectivity index (χ0) is 19.4. The topological polar surface area (TPSA) is 28.5 Å². The van der Waals surface area contributed by atoms with Crippen LogP contribution in [0.2, 0.25) is 0 Å². The highest BCUT2D eigenvalue weighted by atomic mass is 16.2. The van der Waals surface area contributed by atoms with E-state index in [0.29, 0.717) is 17.8 Å². The first-order valence-electron chi connectivity index (χ1n) is 10.1. The van der Waals surface area contributed by atoms with Crippen LogP contribution < -0.4 is 0 Å². The van der Waals surface area contributed by atoms with E-state index in [-0.39, 0.29) is 5.91 Å². The molecule has 0 unspecified atom stereocenters. The number of carbonyl (C=O) groups excluding carboxylic acids is 1. The third kappa shape index (κ3) is 5.01. The molecular weight excluding hydrogens is 334 g/mol. The van der Waals surface area contributed by atoms with Gasteiger partial charge in [0.2, 0.25) is 5.91 Å². The van der Waals surface area contributed by atoms with Gasteiger partial charge in [-0.3, -0.25) is 9.69 Å². The van der Waals surface area contributed by atoms with E-state index in [0.717, 1.165) is 32.7 Å². The second-order valence-corrected chi connectivity index (χ2v) is 8.40. The van der Waals surface area contributed by atoms with Gasteiger partial charge in [0.15, 0.2) is 0 Å². The Balaban J connectivity index is 1.77. The predicted octanol–water partition coefficient (Wildman–Crippen LogP) is 3.75. The predicted molar refractivity (Wildman–Crippen MR) is 110 cm³/mol. The second-order valence-electron chi connectivity index (χ2n) is 8.40. The number of aromatic nitrogens is 1. The van der Waals surface area contributed by atoms with E-state index in [1.54, 1.807) is 6.92 Å². The molecule has 3 rings (SSSR count). The fraction of sp³-hybridized carbons (Fsp3) is 0.522. The van der Waals surface area contributed by atoms with Gasteiger partial charge in [0, 0.05) is 64.5 Å². The largest absolute Gasteiger partial charge is 0.353 e. The van der Waals surface area contributed by atoms with E-state index in [1.165, 1.54) is 11.3 Å². The molecule has 1 aromatic carbocycles. The first-order chi connectivity index (χ1) is 12.9. The van der Waals surface area contributed by atoms with Crippen LogP contribution in [-0.2, 0) is 18.4 Å². The van der Waals surface area contributed by atoms with Crippen LogP contribution in [0.15, 0.2) is 48.7 Å². The molecule has 0 radical (unpaired) electrons. The first-order valence-corrected chi connectivity index (χ1v) is 10.1. The average molecular weight is 368 g/mol. The Bertz CT molecular complexity index is 737. The summed E-state index contributed by atoms with van der Waals surface area (Å²) in [6.45, 7) is 10.8. The summed E-state index contributed by atoms with van der Waals surface area (Å²) in [6, 6.07) is 15.1. The van der Waals surface area contributed by atoms with Gasteiger partial charge in [0.25, 0.3) is 0 Å². The lowest BCUT2D eigenvalue weighted by Gasteiger charge is -2.29. The van der Waals surface area contributed by atoms with Crippen molar-refractivity contribution >= 4 is 5.91 Å². The third-order valence-electron chi connectivity index (χ3n) is 5.67. The molecule has 1 saturated heterocycles. The summed E-state index contributed by atoms with van der Waals surface area (Å²) in [4.78, 5) is 16.8. The van der Waals surface area contributed by atoms with Crippen molar-refractivity contribution in [1.82, 2.24) is 14.4 Å². The molecule has 1 amide bonds. The Kier molecular flexibility index (Phi) is 6.38. The van der Waals surface area contributed by atoms with Gasteiger partial charge in [-0.2, -0.15) is 0 Å². The molecule has 0 saturated carbocycles. The molecule has 0 aliphatic carbocycles. The Hall–Kier alpha value is -2.07. The minimum Gasteiger partial charge on any atom is -0.353 e. The summed E-state index contributed by atoms with van der Waals surface area (Å²) < 4.78 is 2.20. The number of hydrogen-bond acceptors (Lipinski definition) is 2. The number of rotatable bonds is 7. The normalized spacial score (nSPS) is 20.3. The molecule has 146 valence electrons. The number of nitrogens with zero attached hydrogens (tertiary/aromatic N) is 3. The van der Waals surface area contributed by atoms with Gasteiger partial charge < -0.3 is 9.47 Å². The highest BCUT2D eigenvalue weighted by Crippen LogP contribution is 2.34. The van der Waals surface area contributed by atoms with Gasteiger partial charge in [-0.15, -0.1) is 0 Å². The fourth-order valence-corrected chi connectivity index (χ4v) is 4.30. The number of aryl methyl sites for hydroxylation is 1. The van der Waals surface area contributed by atoms with Crippen LogP contribution in [0.3, 0.4) is 0 Å². The van der Waals surface area contributed by atoms with Gasteiger partial charge >= 0.3 is 0 Å². The van der Waals surface area contributed by atoms with Gasteiger partial charge in [0.1, 0.15) is 0 Å². The monoisotopic (exact) mass is 367 g/mol. The molecule has 2 heterocycles. The van der Waals surface area contributed by atoms with Crippen LogP contribution in [0.1, 0.15) is 37.9 Å². The van der Waals surface area contributed by atoms with Crippen molar-refractivity contribution < 1.29 is 4.79 Å². The quantitative estimate of drug-likeness (QED) is 0.746. The van der Waals surface area contributed by atoms with Crippen LogP contribution in [-0.4, -0.2) is 46.5 Å². The van der Waals surface area contributed by atoms with E-state index >= 15 is 0 Å². The molecule has 0 N–H and O–H groups in total. The number of likely N-dealkylation sites (tertiary alicyclic amines) is 1.